The molecule has 38 heavy (non-hydrogen) atoms. The van der Waals surface area contributed by atoms with Gasteiger partial charge in [-0.2, -0.15) is 10.1 Å². The maximum Gasteiger partial charge on any atom is 0.413 e. The molecule has 0 bridgehead atoms. The number of nitrogens with one attached hydrogen (secondary N) is 1. The summed E-state index contributed by atoms with van der Waals surface area (Å²) in [6, 6.07) is 1.88. The van der Waals surface area contributed by atoms with Crippen LogP contribution in [0, 0.1) is 0 Å². The van der Waals surface area contributed by atoms with Crippen LogP contribution in [0.4, 0.5) is 15.5 Å². The first-order chi connectivity index (χ1) is 18.0. The number of carbonyl (C=O) groups is 2. The minimum Gasteiger partial charge on any atom is -0.495 e. The molecule has 13 nitrogen and oxygen atoms in total. The molecule has 0 aromatic carbocycles. The topological polar surface area (TPSA) is 154 Å². The second-order valence-corrected chi connectivity index (χ2v) is 10.2. The van der Waals surface area contributed by atoms with Crippen molar-refractivity contribution in [2.24, 2.45) is 0 Å². The van der Waals surface area contributed by atoms with Crippen LogP contribution in [0.1, 0.15) is 38.4 Å². The normalized spacial score (nSPS) is 13.7. The van der Waals surface area contributed by atoms with E-state index >= 15 is 0 Å². The second kappa shape index (κ2) is 10.8. The van der Waals surface area contributed by atoms with Crippen LogP contribution in [0.2, 0.25) is 0 Å². The molecule has 14 heteroatoms. The van der Waals surface area contributed by atoms with Gasteiger partial charge in [-0.3, -0.25) is 15.0 Å². The van der Waals surface area contributed by atoms with Gasteiger partial charge < -0.3 is 24.2 Å². The average Bonchev–Trinajstić information content (AvgIpc) is 3.18. The zero-order valence-corrected chi connectivity index (χ0v) is 23.2. The average molecular weight is 590 g/mol. The molecule has 0 saturated heterocycles. The van der Waals surface area contributed by atoms with Gasteiger partial charge in [0, 0.05) is 19.3 Å². The van der Waals surface area contributed by atoms with Crippen LogP contribution in [-0.2, 0) is 16.0 Å². The van der Waals surface area contributed by atoms with Crippen LogP contribution in [0.25, 0.3) is 16.6 Å². The van der Waals surface area contributed by atoms with Gasteiger partial charge in [0.05, 0.1) is 20.8 Å². The Kier molecular flexibility index (Phi) is 7.71. The lowest BCUT2D eigenvalue weighted by Gasteiger charge is -2.29. The fraction of sp³-hybridized carbons (Fsp3) is 0.417. The Labute approximate surface area is 226 Å². The minimum absolute atomic E-state index is 0.131. The Morgan fingerprint density at radius 3 is 2.63 bits per heavy atom. The molecule has 3 aromatic heterocycles. The highest BCUT2D eigenvalue weighted by Gasteiger charge is 2.25. The zero-order chi connectivity index (χ0) is 27.6. The van der Waals surface area contributed by atoms with Crippen molar-refractivity contribution in [2.75, 3.05) is 32.6 Å². The number of rotatable bonds is 5. The predicted molar refractivity (Wildman–Crippen MR) is 141 cm³/mol. The molecular weight excluding hydrogens is 562 g/mol. The number of methoxy groups -OCH3 is 2. The number of aromatic hydroxyl groups is 1. The molecule has 0 radical (unpaired) electrons. The van der Waals surface area contributed by atoms with Gasteiger partial charge in [0.15, 0.2) is 10.1 Å². The van der Waals surface area contributed by atoms with Crippen molar-refractivity contribution in [2.45, 2.75) is 39.3 Å². The van der Waals surface area contributed by atoms with Gasteiger partial charge >= 0.3 is 12.2 Å². The summed E-state index contributed by atoms with van der Waals surface area (Å²) in [5, 5.41) is 17.3. The van der Waals surface area contributed by atoms with E-state index in [4.69, 9.17) is 9.47 Å². The molecule has 1 aliphatic rings. The molecule has 0 aliphatic carbocycles. The van der Waals surface area contributed by atoms with Gasteiger partial charge in [0.25, 0.3) is 0 Å². The zero-order valence-electron chi connectivity index (χ0n) is 21.6. The Morgan fingerprint density at radius 2 is 2.00 bits per heavy atom. The predicted octanol–water partition coefficient (Wildman–Crippen LogP) is 3.95. The summed E-state index contributed by atoms with van der Waals surface area (Å²) in [6.07, 6.45) is 3.26. The van der Waals surface area contributed by atoms with Crippen LogP contribution in [0.3, 0.4) is 0 Å². The summed E-state index contributed by atoms with van der Waals surface area (Å²) in [6.45, 7) is 6.65. The summed E-state index contributed by atoms with van der Waals surface area (Å²) < 4.78 is 17.4. The highest BCUT2D eigenvalue weighted by Crippen LogP contribution is 2.31. The summed E-state index contributed by atoms with van der Waals surface area (Å²) >= 11 is 3.34. The van der Waals surface area contributed by atoms with E-state index in [1.165, 1.54) is 11.8 Å². The van der Waals surface area contributed by atoms with Gasteiger partial charge in [-0.25, -0.2) is 14.6 Å². The third-order valence-electron chi connectivity index (χ3n) is 5.61. The number of fused-ring (bicyclic) bond motifs is 1. The van der Waals surface area contributed by atoms with Crippen molar-refractivity contribution in [1.82, 2.24) is 29.6 Å². The monoisotopic (exact) mass is 589 g/mol. The van der Waals surface area contributed by atoms with Gasteiger partial charge in [-0.1, -0.05) is 6.08 Å². The molecule has 2 N–H and O–H groups in total. The third kappa shape index (κ3) is 5.96. The number of hydrogen-bond donors (Lipinski definition) is 2. The highest BCUT2D eigenvalue weighted by molar-refractivity contribution is 9.10. The molecule has 0 unspecified atom stereocenters. The first-order valence-electron chi connectivity index (χ1n) is 11.7. The van der Waals surface area contributed by atoms with Crippen LogP contribution in [-0.4, -0.2) is 79.8 Å². The molecule has 2 amide bonds. The number of anilines is 1. The molecule has 4 rings (SSSR count). The Morgan fingerprint density at radius 1 is 1.24 bits per heavy atom. The summed E-state index contributed by atoms with van der Waals surface area (Å²) in [5.41, 5.74) is 2.49. The number of aromatic nitrogens is 5. The van der Waals surface area contributed by atoms with Crippen LogP contribution >= 0.6 is 15.9 Å². The number of hydrogen-bond acceptors (Lipinski definition) is 10. The number of nitrogens with zero attached hydrogens (tertiary/aromatic N) is 6. The van der Waals surface area contributed by atoms with Crippen molar-refractivity contribution in [3.63, 3.8) is 0 Å². The number of pyridine rings is 1. The van der Waals surface area contributed by atoms with E-state index in [1.54, 1.807) is 18.2 Å². The number of halogens is 1. The number of ether oxygens (including phenoxy) is 3. The van der Waals surface area contributed by atoms with E-state index in [9.17, 15) is 14.7 Å². The quantitative estimate of drug-likeness (QED) is 0.447. The van der Waals surface area contributed by atoms with E-state index in [0.717, 1.165) is 11.1 Å². The molecule has 0 fully saturated rings. The fourth-order valence-electron chi connectivity index (χ4n) is 3.85. The van der Waals surface area contributed by atoms with Crippen molar-refractivity contribution < 1.29 is 28.9 Å². The molecule has 0 spiro atoms. The van der Waals surface area contributed by atoms with Crippen molar-refractivity contribution in [1.29, 1.82) is 0 Å². The Hall–Kier alpha value is -3.94. The summed E-state index contributed by atoms with van der Waals surface area (Å²) in [5.74, 6) is 0.0207. The third-order valence-corrected chi connectivity index (χ3v) is 6.14. The second-order valence-electron chi connectivity index (χ2n) is 9.41. The molecule has 0 atom stereocenters. The van der Waals surface area contributed by atoms with Gasteiger partial charge in [-0.15, -0.1) is 0 Å². The smallest absolute Gasteiger partial charge is 0.413 e. The van der Waals surface area contributed by atoms with Crippen molar-refractivity contribution in [3.05, 3.63) is 34.2 Å². The van der Waals surface area contributed by atoms with Gasteiger partial charge in [0.2, 0.25) is 11.8 Å². The van der Waals surface area contributed by atoms with Crippen LogP contribution < -0.4 is 10.1 Å². The molecule has 1 aliphatic heterocycles. The summed E-state index contributed by atoms with van der Waals surface area (Å²) in [4.78, 5) is 38.2. The maximum atomic E-state index is 12.4. The molecular formula is C24H28BrN7O6. The SMILES string of the molecule is COC(=O)Nc1nc(O)c2c(n1)c(Br)nn2Cc1ncc(C2=CCN(C(=O)OC(C)(C)C)CC2)cc1OC. The molecule has 3 aromatic rings. The number of amides is 2. The van der Waals surface area contributed by atoms with E-state index in [0.29, 0.717) is 41.1 Å². The lowest BCUT2D eigenvalue weighted by molar-refractivity contribution is 0.0270. The Bertz CT molecular complexity index is 1420. The van der Waals surface area contributed by atoms with Crippen molar-refractivity contribution >= 4 is 50.7 Å². The molecule has 202 valence electrons. The highest BCUT2D eigenvalue weighted by atomic mass is 79.9. The van der Waals surface area contributed by atoms with E-state index in [2.05, 4.69) is 46.0 Å². The van der Waals surface area contributed by atoms with Gasteiger partial charge in [0.1, 0.15) is 22.6 Å². The fourth-order valence-corrected chi connectivity index (χ4v) is 4.32. The van der Waals surface area contributed by atoms with E-state index in [1.807, 2.05) is 32.9 Å². The van der Waals surface area contributed by atoms with Gasteiger partial charge in [-0.05, 0) is 60.3 Å². The van der Waals surface area contributed by atoms with E-state index < -0.39 is 11.7 Å². The van der Waals surface area contributed by atoms with E-state index in [-0.39, 0.29) is 30.0 Å². The first kappa shape index (κ1) is 27.1. The standard InChI is InChI=1S/C24H28BrN7O6/c1-24(2,3)38-23(35)31-8-6-13(7-9-31)14-10-16(36-4)15(26-11-14)12-32-18-17(19(25)30-32)27-21(28-20(18)33)29-22(34)37-5/h6,10-11H,7-9,12H2,1-5H3,(H2,27,28,29,33,34). The maximum absolute atomic E-state index is 12.4. The Balaban J connectivity index is 1.55. The number of carbonyl (C=O) groups excluding carboxylic acids is 2. The largest absolute Gasteiger partial charge is 0.495 e. The van der Waals surface area contributed by atoms with Crippen molar-refractivity contribution in [3.8, 4) is 11.6 Å². The minimum atomic E-state index is -0.771. The lowest BCUT2D eigenvalue weighted by atomic mass is 10.0. The molecule has 4 heterocycles. The molecule has 0 saturated carbocycles. The summed E-state index contributed by atoms with van der Waals surface area (Å²) in [7, 11) is 2.75. The van der Waals surface area contributed by atoms with Crippen LogP contribution in [0.15, 0.2) is 22.9 Å². The first-order valence-corrected chi connectivity index (χ1v) is 12.5. The lowest BCUT2D eigenvalue weighted by Crippen LogP contribution is -2.39. The van der Waals surface area contributed by atoms with Crippen LogP contribution in [0.5, 0.6) is 11.6 Å².